The molecule has 0 saturated carbocycles. The Morgan fingerprint density at radius 3 is 2.48 bits per heavy atom. The Balaban J connectivity index is 1.22. The fourth-order valence-corrected chi connectivity index (χ4v) is 4.73. The molecule has 0 aliphatic carbocycles. The van der Waals surface area contributed by atoms with Crippen molar-refractivity contribution in [2.24, 2.45) is 0 Å². The Labute approximate surface area is 154 Å². The SMILES string of the molecule is c1cc(OC2CCN(Cc3cc(CN4CCCC4)cs3)CC2)ccn1. The molecule has 25 heavy (non-hydrogen) atoms. The summed E-state index contributed by atoms with van der Waals surface area (Å²) in [6.07, 6.45) is 8.87. The molecule has 4 heterocycles. The Morgan fingerprint density at radius 2 is 1.72 bits per heavy atom. The van der Waals surface area contributed by atoms with Gasteiger partial charge in [-0.1, -0.05) is 0 Å². The average Bonchev–Trinajstić information content (AvgIpc) is 3.30. The van der Waals surface area contributed by atoms with Gasteiger partial charge in [-0.25, -0.2) is 0 Å². The second kappa shape index (κ2) is 8.30. The number of pyridine rings is 1. The third-order valence-corrected chi connectivity index (χ3v) is 6.15. The zero-order chi connectivity index (χ0) is 16.9. The Morgan fingerprint density at radius 1 is 1.00 bits per heavy atom. The summed E-state index contributed by atoms with van der Waals surface area (Å²) >= 11 is 1.92. The van der Waals surface area contributed by atoms with Crippen LogP contribution in [0.15, 0.2) is 36.0 Å². The van der Waals surface area contributed by atoms with Crippen molar-refractivity contribution in [1.29, 1.82) is 0 Å². The van der Waals surface area contributed by atoms with Crippen molar-refractivity contribution in [1.82, 2.24) is 14.8 Å². The Kier molecular flexibility index (Phi) is 5.65. The standard InChI is InChI=1S/C20H27N3OS/c1-2-10-22(9-1)14-17-13-20(25-16-17)15-23-11-5-19(6-12-23)24-18-3-7-21-8-4-18/h3-4,7-8,13,16,19H,1-2,5-6,9-12,14-15H2. The molecule has 2 aliphatic rings. The molecule has 134 valence electrons. The molecule has 0 N–H and O–H groups in total. The zero-order valence-corrected chi connectivity index (χ0v) is 15.6. The van der Waals surface area contributed by atoms with E-state index in [9.17, 15) is 0 Å². The fourth-order valence-electron chi connectivity index (χ4n) is 3.81. The monoisotopic (exact) mass is 357 g/mol. The molecule has 2 fully saturated rings. The van der Waals surface area contributed by atoms with E-state index in [0.29, 0.717) is 6.10 Å². The van der Waals surface area contributed by atoms with Crippen LogP contribution in [-0.2, 0) is 13.1 Å². The van der Waals surface area contributed by atoms with Gasteiger partial charge in [0.15, 0.2) is 0 Å². The number of aromatic nitrogens is 1. The molecule has 0 spiro atoms. The predicted octanol–water partition coefficient (Wildman–Crippen LogP) is 3.78. The average molecular weight is 358 g/mol. The van der Waals surface area contributed by atoms with Gasteiger partial charge < -0.3 is 4.74 Å². The molecule has 2 aromatic heterocycles. The highest BCUT2D eigenvalue weighted by atomic mass is 32.1. The summed E-state index contributed by atoms with van der Waals surface area (Å²) in [5, 5.41) is 2.35. The van der Waals surface area contributed by atoms with Crippen molar-refractivity contribution in [2.75, 3.05) is 26.2 Å². The lowest BCUT2D eigenvalue weighted by Crippen LogP contribution is -2.37. The van der Waals surface area contributed by atoms with Crippen molar-refractivity contribution < 1.29 is 4.74 Å². The molecular formula is C20H27N3OS. The summed E-state index contributed by atoms with van der Waals surface area (Å²) in [6, 6.07) is 6.31. The van der Waals surface area contributed by atoms with Crippen LogP contribution in [-0.4, -0.2) is 47.1 Å². The minimum absolute atomic E-state index is 0.340. The first-order valence-corrected chi connectivity index (χ1v) is 10.3. The van der Waals surface area contributed by atoms with E-state index in [1.807, 2.05) is 23.5 Å². The first kappa shape index (κ1) is 17.0. The molecule has 4 nitrogen and oxygen atoms in total. The predicted molar refractivity (Wildman–Crippen MR) is 102 cm³/mol. The van der Waals surface area contributed by atoms with Crippen molar-refractivity contribution in [3.05, 3.63) is 46.4 Å². The minimum atomic E-state index is 0.340. The third-order valence-electron chi connectivity index (χ3n) is 5.18. The van der Waals surface area contributed by atoms with Gasteiger partial charge >= 0.3 is 0 Å². The van der Waals surface area contributed by atoms with Crippen molar-refractivity contribution in [3.63, 3.8) is 0 Å². The van der Waals surface area contributed by atoms with Crippen LogP contribution in [0.4, 0.5) is 0 Å². The van der Waals surface area contributed by atoms with Gasteiger partial charge in [-0.3, -0.25) is 14.8 Å². The van der Waals surface area contributed by atoms with E-state index in [1.54, 1.807) is 12.4 Å². The smallest absolute Gasteiger partial charge is 0.122 e. The molecular weight excluding hydrogens is 330 g/mol. The number of likely N-dealkylation sites (tertiary alicyclic amines) is 2. The fraction of sp³-hybridized carbons (Fsp3) is 0.550. The lowest BCUT2D eigenvalue weighted by atomic mass is 10.1. The molecule has 0 aromatic carbocycles. The van der Waals surface area contributed by atoms with Crippen molar-refractivity contribution in [3.8, 4) is 5.75 Å². The van der Waals surface area contributed by atoms with Gasteiger partial charge in [0.05, 0.1) is 0 Å². The van der Waals surface area contributed by atoms with Gasteiger partial charge in [-0.15, -0.1) is 11.3 Å². The first-order valence-electron chi connectivity index (χ1n) is 9.43. The van der Waals surface area contributed by atoms with Gasteiger partial charge in [0.25, 0.3) is 0 Å². The summed E-state index contributed by atoms with van der Waals surface area (Å²) < 4.78 is 6.06. The van der Waals surface area contributed by atoms with E-state index < -0.39 is 0 Å². The highest BCUT2D eigenvalue weighted by Gasteiger charge is 2.21. The second-order valence-electron chi connectivity index (χ2n) is 7.18. The lowest BCUT2D eigenvalue weighted by Gasteiger charge is -2.31. The van der Waals surface area contributed by atoms with E-state index in [-0.39, 0.29) is 0 Å². The van der Waals surface area contributed by atoms with E-state index in [0.717, 1.165) is 44.8 Å². The Hall–Kier alpha value is -1.43. The number of piperidine rings is 1. The maximum Gasteiger partial charge on any atom is 0.122 e. The quantitative estimate of drug-likeness (QED) is 0.787. The molecule has 0 unspecified atom stereocenters. The molecule has 4 rings (SSSR count). The molecule has 2 aromatic rings. The molecule has 2 saturated heterocycles. The number of thiophene rings is 1. The summed E-state index contributed by atoms with van der Waals surface area (Å²) in [5.41, 5.74) is 1.50. The normalized spacial score (nSPS) is 20.2. The van der Waals surface area contributed by atoms with E-state index in [4.69, 9.17) is 4.74 Å². The number of ether oxygens (including phenoxy) is 1. The van der Waals surface area contributed by atoms with Crippen LogP contribution in [0.25, 0.3) is 0 Å². The van der Waals surface area contributed by atoms with Gasteiger partial charge in [0.1, 0.15) is 11.9 Å². The number of rotatable bonds is 6. The second-order valence-corrected chi connectivity index (χ2v) is 8.18. The molecule has 2 aliphatic heterocycles. The maximum atomic E-state index is 6.06. The summed E-state index contributed by atoms with van der Waals surface area (Å²) in [6.45, 7) is 7.02. The highest BCUT2D eigenvalue weighted by molar-refractivity contribution is 7.10. The number of hydrogen-bond acceptors (Lipinski definition) is 5. The van der Waals surface area contributed by atoms with Gasteiger partial charge in [0.2, 0.25) is 0 Å². The van der Waals surface area contributed by atoms with Crippen LogP contribution >= 0.6 is 11.3 Å². The van der Waals surface area contributed by atoms with Crippen LogP contribution in [0.3, 0.4) is 0 Å². The summed E-state index contributed by atoms with van der Waals surface area (Å²) in [7, 11) is 0. The lowest BCUT2D eigenvalue weighted by molar-refractivity contribution is 0.0973. The molecule has 5 heteroatoms. The minimum Gasteiger partial charge on any atom is -0.490 e. The van der Waals surface area contributed by atoms with Crippen LogP contribution in [0, 0.1) is 0 Å². The molecule has 0 amide bonds. The number of hydrogen-bond donors (Lipinski definition) is 0. The van der Waals surface area contributed by atoms with E-state index >= 15 is 0 Å². The Bertz CT molecular complexity index is 646. The van der Waals surface area contributed by atoms with Crippen LogP contribution in [0.2, 0.25) is 0 Å². The molecule has 0 atom stereocenters. The van der Waals surface area contributed by atoms with E-state index in [1.165, 1.54) is 36.4 Å². The maximum absolute atomic E-state index is 6.06. The van der Waals surface area contributed by atoms with Gasteiger partial charge in [-0.2, -0.15) is 0 Å². The molecule has 0 bridgehead atoms. The van der Waals surface area contributed by atoms with Crippen molar-refractivity contribution in [2.45, 2.75) is 44.9 Å². The van der Waals surface area contributed by atoms with Gasteiger partial charge in [-0.05, 0) is 67.9 Å². The zero-order valence-electron chi connectivity index (χ0n) is 14.8. The number of nitrogens with zero attached hydrogens (tertiary/aromatic N) is 3. The third kappa shape index (κ3) is 4.81. The van der Waals surface area contributed by atoms with E-state index in [2.05, 4.69) is 26.2 Å². The first-order chi connectivity index (χ1) is 12.3. The van der Waals surface area contributed by atoms with Crippen LogP contribution < -0.4 is 4.74 Å². The summed E-state index contributed by atoms with van der Waals surface area (Å²) in [5.74, 6) is 0.943. The van der Waals surface area contributed by atoms with Gasteiger partial charge in [0, 0.05) is 43.4 Å². The van der Waals surface area contributed by atoms with Crippen molar-refractivity contribution >= 4 is 11.3 Å². The molecule has 0 radical (unpaired) electrons. The van der Waals surface area contributed by atoms with Crippen LogP contribution in [0.1, 0.15) is 36.1 Å². The summed E-state index contributed by atoms with van der Waals surface area (Å²) in [4.78, 5) is 10.7. The largest absolute Gasteiger partial charge is 0.490 e. The topological polar surface area (TPSA) is 28.6 Å². The highest BCUT2D eigenvalue weighted by Crippen LogP contribution is 2.23. The van der Waals surface area contributed by atoms with Crippen LogP contribution in [0.5, 0.6) is 5.75 Å².